The molecule has 4 heteroatoms. The molecule has 2 N–H and O–H groups in total. The Morgan fingerprint density at radius 2 is 2.00 bits per heavy atom. The number of aromatic amines is 1. The van der Waals surface area contributed by atoms with E-state index in [0.717, 1.165) is 27.6 Å². The molecule has 1 amide bonds. The van der Waals surface area contributed by atoms with Crippen molar-refractivity contribution in [3.05, 3.63) is 71.2 Å². The van der Waals surface area contributed by atoms with E-state index in [2.05, 4.69) is 24.1 Å². The summed E-state index contributed by atoms with van der Waals surface area (Å²) >= 11 is 0. The predicted octanol–water partition coefficient (Wildman–Crippen LogP) is 4.25. The van der Waals surface area contributed by atoms with Gasteiger partial charge in [0.1, 0.15) is 5.82 Å². The lowest BCUT2D eigenvalue weighted by atomic mass is 9.84. The smallest absolute Gasteiger partial charge is 0.224 e. The quantitative estimate of drug-likeness (QED) is 0.718. The number of nitrogens with one attached hydrogen (secondary N) is 2. The third kappa shape index (κ3) is 3.90. The molecule has 0 unspecified atom stereocenters. The van der Waals surface area contributed by atoms with Gasteiger partial charge in [-0.2, -0.15) is 0 Å². The fourth-order valence-electron chi connectivity index (χ4n) is 3.14. The van der Waals surface area contributed by atoms with Crippen LogP contribution in [0.5, 0.6) is 0 Å². The van der Waals surface area contributed by atoms with Gasteiger partial charge in [0, 0.05) is 29.1 Å². The number of carbonyl (C=O) groups excluding carboxylic acids is 1. The Morgan fingerprint density at radius 3 is 2.76 bits per heavy atom. The summed E-state index contributed by atoms with van der Waals surface area (Å²) in [6, 6.07) is 12.7. The maximum Gasteiger partial charge on any atom is 0.224 e. The highest BCUT2D eigenvalue weighted by atomic mass is 19.1. The van der Waals surface area contributed by atoms with E-state index in [4.69, 9.17) is 0 Å². The first-order valence-corrected chi connectivity index (χ1v) is 8.44. The molecule has 0 atom stereocenters. The van der Waals surface area contributed by atoms with Crippen molar-refractivity contribution in [2.45, 2.75) is 32.6 Å². The van der Waals surface area contributed by atoms with Crippen molar-refractivity contribution in [3.8, 4) is 0 Å². The molecule has 0 spiro atoms. The molecule has 1 aromatic heterocycles. The summed E-state index contributed by atoms with van der Waals surface area (Å²) in [6.07, 6.45) is 2.27. The lowest BCUT2D eigenvalue weighted by Gasteiger charge is -2.25. The second kappa shape index (κ2) is 6.71. The fourth-order valence-corrected chi connectivity index (χ4v) is 3.14. The molecule has 0 saturated heterocycles. The minimum absolute atomic E-state index is 0.00422. The molecule has 2 aromatic carbocycles. The average Bonchev–Trinajstić information content (AvgIpc) is 2.97. The van der Waals surface area contributed by atoms with Gasteiger partial charge in [0.25, 0.3) is 0 Å². The van der Waals surface area contributed by atoms with Crippen LogP contribution in [0.2, 0.25) is 0 Å². The maximum atomic E-state index is 13.4. The zero-order valence-electron chi connectivity index (χ0n) is 14.8. The van der Waals surface area contributed by atoms with Crippen molar-refractivity contribution >= 4 is 16.8 Å². The average molecular weight is 338 g/mol. The molecular weight excluding hydrogens is 315 g/mol. The summed E-state index contributed by atoms with van der Waals surface area (Å²) in [5.41, 5.74) is 3.74. The number of hydrogen-bond donors (Lipinski definition) is 2. The number of amides is 1. The van der Waals surface area contributed by atoms with E-state index in [1.165, 1.54) is 12.1 Å². The first-order chi connectivity index (χ1) is 11.8. The third-order valence-electron chi connectivity index (χ3n) is 4.55. The minimum atomic E-state index is -0.266. The molecule has 0 aliphatic rings. The summed E-state index contributed by atoms with van der Waals surface area (Å²) in [6.45, 7) is 6.68. The number of halogens is 1. The lowest BCUT2D eigenvalue weighted by molar-refractivity contribution is -0.120. The van der Waals surface area contributed by atoms with Gasteiger partial charge in [-0.1, -0.05) is 43.7 Å². The van der Waals surface area contributed by atoms with E-state index in [0.29, 0.717) is 13.0 Å². The monoisotopic (exact) mass is 338 g/mol. The number of aryl methyl sites for hydroxylation is 1. The van der Waals surface area contributed by atoms with E-state index < -0.39 is 0 Å². The summed E-state index contributed by atoms with van der Waals surface area (Å²) in [5, 5.41) is 4.01. The van der Waals surface area contributed by atoms with E-state index >= 15 is 0 Å². The van der Waals surface area contributed by atoms with Gasteiger partial charge in [-0.25, -0.2) is 4.39 Å². The minimum Gasteiger partial charge on any atom is -0.361 e. The lowest BCUT2D eigenvalue weighted by Crippen LogP contribution is -2.37. The Balaban J connectivity index is 1.69. The van der Waals surface area contributed by atoms with Crippen LogP contribution < -0.4 is 5.32 Å². The van der Waals surface area contributed by atoms with Crippen LogP contribution in [-0.4, -0.2) is 17.4 Å². The second-order valence-electron chi connectivity index (χ2n) is 7.22. The molecule has 0 fully saturated rings. The van der Waals surface area contributed by atoms with E-state index in [-0.39, 0.29) is 17.1 Å². The number of rotatable bonds is 5. The zero-order chi connectivity index (χ0) is 18.0. The van der Waals surface area contributed by atoms with Crippen LogP contribution >= 0.6 is 0 Å². The van der Waals surface area contributed by atoms with Gasteiger partial charge >= 0.3 is 0 Å². The highest BCUT2D eigenvalue weighted by Crippen LogP contribution is 2.30. The van der Waals surface area contributed by atoms with Gasteiger partial charge in [0.15, 0.2) is 0 Å². The molecule has 130 valence electrons. The Labute approximate surface area is 147 Å². The number of H-pyrrole nitrogens is 1. The first-order valence-electron chi connectivity index (χ1n) is 8.44. The van der Waals surface area contributed by atoms with Gasteiger partial charge in [-0.3, -0.25) is 4.79 Å². The van der Waals surface area contributed by atoms with Crippen molar-refractivity contribution in [3.63, 3.8) is 0 Å². The first kappa shape index (κ1) is 17.2. The van der Waals surface area contributed by atoms with Crippen molar-refractivity contribution < 1.29 is 9.18 Å². The second-order valence-corrected chi connectivity index (χ2v) is 7.22. The van der Waals surface area contributed by atoms with E-state index in [9.17, 15) is 9.18 Å². The Kier molecular flexibility index (Phi) is 4.62. The van der Waals surface area contributed by atoms with Crippen LogP contribution in [-0.2, 0) is 16.6 Å². The van der Waals surface area contributed by atoms with Crippen molar-refractivity contribution in [2.75, 3.05) is 6.54 Å². The standard InChI is InChI=1S/C21H23FN2O/c1-14-5-4-6-15(9-14)10-20(25)24-13-21(2,3)18-12-23-19-11-16(22)7-8-17(18)19/h4-9,11-12,23H,10,13H2,1-3H3,(H,24,25). The van der Waals surface area contributed by atoms with Gasteiger partial charge in [0.2, 0.25) is 5.91 Å². The largest absolute Gasteiger partial charge is 0.361 e. The fraction of sp³-hybridized carbons (Fsp3) is 0.286. The topological polar surface area (TPSA) is 44.9 Å². The van der Waals surface area contributed by atoms with Crippen molar-refractivity contribution in [1.82, 2.24) is 10.3 Å². The summed E-state index contributed by atoms with van der Waals surface area (Å²) in [7, 11) is 0. The van der Waals surface area contributed by atoms with Crippen LogP contribution in [0.1, 0.15) is 30.5 Å². The van der Waals surface area contributed by atoms with Gasteiger partial charge in [-0.05, 0) is 36.2 Å². The van der Waals surface area contributed by atoms with Crippen LogP contribution in [0.3, 0.4) is 0 Å². The van der Waals surface area contributed by atoms with Crippen molar-refractivity contribution in [1.29, 1.82) is 0 Å². The molecule has 1 heterocycles. The van der Waals surface area contributed by atoms with Gasteiger partial charge in [0.05, 0.1) is 6.42 Å². The Morgan fingerprint density at radius 1 is 1.20 bits per heavy atom. The molecule has 0 saturated carbocycles. The third-order valence-corrected chi connectivity index (χ3v) is 4.55. The SMILES string of the molecule is Cc1cccc(CC(=O)NCC(C)(C)c2c[nH]c3cc(F)ccc23)c1. The molecule has 0 aliphatic heterocycles. The number of fused-ring (bicyclic) bond motifs is 1. The highest BCUT2D eigenvalue weighted by Gasteiger charge is 2.24. The number of aromatic nitrogens is 1. The zero-order valence-corrected chi connectivity index (χ0v) is 14.8. The van der Waals surface area contributed by atoms with Gasteiger partial charge in [-0.15, -0.1) is 0 Å². The van der Waals surface area contributed by atoms with Crippen LogP contribution in [0.4, 0.5) is 4.39 Å². The molecule has 0 radical (unpaired) electrons. The summed E-state index contributed by atoms with van der Waals surface area (Å²) in [5.74, 6) is -0.255. The predicted molar refractivity (Wildman–Crippen MR) is 99.2 cm³/mol. The molecule has 3 nitrogen and oxygen atoms in total. The molecule has 3 aromatic rings. The summed E-state index contributed by atoms with van der Waals surface area (Å²) in [4.78, 5) is 15.4. The summed E-state index contributed by atoms with van der Waals surface area (Å²) < 4.78 is 13.4. The van der Waals surface area contributed by atoms with Crippen LogP contribution in [0, 0.1) is 12.7 Å². The molecule has 0 aliphatic carbocycles. The van der Waals surface area contributed by atoms with Gasteiger partial charge < -0.3 is 10.3 Å². The highest BCUT2D eigenvalue weighted by molar-refractivity contribution is 5.84. The molecule has 25 heavy (non-hydrogen) atoms. The normalized spacial score (nSPS) is 11.7. The van der Waals surface area contributed by atoms with E-state index in [1.807, 2.05) is 37.4 Å². The van der Waals surface area contributed by atoms with Crippen molar-refractivity contribution in [2.24, 2.45) is 0 Å². The number of hydrogen-bond acceptors (Lipinski definition) is 1. The van der Waals surface area contributed by atoms with E-state index in [1.54, 1.807) is 6.07 Å². The molecule has 3 rings (SSSR count). The Hall–Kier alpha value is -2.62. The molecular formula is C21H23FN2O. The number of carbonyl (C=O) groups is 1. The Bertz CT molecular complexity index is 911. The maximum absolute atomic E-state index is 13.4. The number of benzene rings is 2. The van der Waals surface area contributed by atoms with Crippen LogP contribution in [0.25, 0.3) is 10.9 Å². The molecule has 0 bridgehead atoms. The van der Waals surface area contributed by atoms with Crippen LogP contribution in [0.15, 0.2) is 48.7 Å².